The molecule has 3 heterocycles. The van der Waals surface area contributed by atoms with Crippen molar-refractivity contribution in [1.29, 1.82) is 0 Å². The van der Waals surface area contributed by atoms with Gasteiger partial charge in [0.15, 0.2) is 5.82 Å². The summed E-state index contributed by atoms with van der Waals surface area (Å²) in [5.74, 6) is 1.75. The van der Waals surface area contributed by atoms with Crippen molar-refractivity contribution in [3.63, 3.8) is 0 Å². The quantitative estimate of drug-likeness (QED) is 0.918. The number of hydrogen-bond donors (Lipinski definition) is 1. The van der Waals surface area contributed by atoms with Crippen LogP contribution in [0.3, 0.4) is 0 Å². The molecule has 20 heavy (non-hydrogen) atoms. The number of amides is 1. The van der Waals surface area contributed by atoms with E-state index in [0.29, 0.717) is 17.4 Å². The molecule has 1 atom stereocenters. The van der Waals surface area contributed by atoms with Crippen molar-refractivity contribution in [2.45, 2.75) is 37.6 Å². The van der Waals surface area contributed by atoms with Gasteiger partial charge in [-0.3, -0.25) is 9.89 Å². The molecular weight excluding hydrogens is 258 g/mol. The van der Waals surface area contributed by atoms with Crippen LogP contribution in [0.1, 0.15) is 59.8 Å². The normalized spacial score (nSPS) is 22.4. The molecule has 0 aromatic carbocycles. The minimum Gasteiger partial charge on any atom is -0.339 e. The molecule has 1 amide bonds. The van der Waals surface area contributed by atoms with Gasteiger partial charge in [0.1, 0.15) is 5.69 Å². The standard InChI is InChI=1S/C13H15N5O2/c19-13(9-5-6-14-16-9)18-7-1-2-10(18)11-15-12(20-17-11)8-3-4-8/h5-6,8,10H,1-4,7H2,(H,14,16). The summed E-state index contributed by atoms with van der Waals surface area (Å²) >= 11 is 0. The number of carbonyl (C=O) groups excluding carboxylic acids is 1. The number of hydrogen-bond acceptors (Lipinski definition) is 5. The second kappa shape index (κ2) is 4.43. The average molecular weight is 273 g/mol. The highest BCUT2D eigenvalue weighted by Crippen LogP contribution is 2.40. The van der Waals surface area contributed by atoms with E-state index >= 15 is 0 Å². The topological polar surface area (TPSA) is 87.9 Å². The molecule has 1 unspecified atom stereocenters. The van der Waals surface area contributed by atoms with Crippen molar-refractivity contribution in [2.75, 3.05) is 6.54 Å². The lowest BCUT2D eigenvalue weighted by Gasteiger charge is -2.21. The lowest BCUT2D eigenvalue weighted by Crippen LogP contribution is -2.31. The van der Waals surface area contributed by atoms with Crippen LogP contribution in [0.15, 0.2) is 16.8 Å². The van der Waals surface area contributed by atoms with E-state index in [1.807, 2.05) is 0 Å². The first-order valence-electron chi connectivity index (χ1n) is 6.97. The Bertz CT molecular complexity index is 617. The molecule has 0 bridgehead atoms. The van der Waals surface area contributed by atoms with Gasteiger partial charge in [0, 0.05) is 18.7 Å². The van der Waals surface area contributed by atoms with Gasteiger partial charge in [-0.15, -0.1) is 0 Å². The fourth-order valence-corrected chi connectivity index (χ4v) is 2.69. The van der Waals surface area contributed by atoms with Crippen LogP contribution >= 0.6 is 0 Å². The summed E-state index contributed by atoms with van der Waals surface area (Å²) in [4.78, 5) is 18.7. The van der Waals surface area contributed by atoms with E-state index < -0.39 is 0 Å². The molecule has 7 heteroatoms. The van der Waals surface area contributed by atoms with Crippen LogP contribution in [0.25, 0.3) is 0 Å². The van der Waals surface area contributed by atoms with Gasteiger partial charge >= 0.3 is 0 Å². The number of nitrogens with one attached hydrogen (secondary N) is 1. The van der Waals surface area contributed by atoms with Crippen LogP contribution in [0.4, 0.5) is 0 Å². The first-order valence-corrected chi connectivity index (χ1v) is 6.97. The molecular formula is C13H15N5O2. The van der Waals surface area contributed by atoms with Crippen LogP contribution in [-0.4, -0.2) is 37.7 Å². The van der Waals surface area contributed by atoms with Crippen LogP contribution in [-0.2, 0) is 0 Å². The van der Waals surface area contributed by atoms with Crippen molar-refractivity contribution in [3.8, 4) is 0 Å². The maximum atomic E-state index is 12.4. The third-order valence-electron chi connectivity index (χ3n) is 3.93. The first-order chi connectivity index (χ1) is 9.83. The minimum atomic E-state index is -0.0814. The summed E-state index contributed by atoms with van der Waals surface area (Å²) < 4.78 is 5.30. The number of rotatable bonds is 3. The smallest absolute Gasteiger partial charge is 0.272 e. The third-order valence-corrected chi connectivity index (χ3v) is 3.93. The second-order valence-electron chi connectivity index (χ2n) is 5.39. The van der Waals surface area contributed by atoms with E-state index in [1.165, 1.54) is 0 Å². The van der Waals surface area contributed by atoms with Gasteiger partial charge in [-0.1, -0.05) is 5.16 Å². The van der Waals surface area contributed by atoms with Crippen LogP contribution in [0, 0.1) is 0 Å². The van der Waals surface area contributed by atoms with Gasteiger partial charge in [-0.2, -0.15) is 10.1 Å². The summed E-state index contributed by atoms with van der Waals surface area (Å²) in [5, 5.41) is 10.6. The second-order valence-corrected chi connectivity index (χ2v) is 5.39. The highest BCUT2D eigenvalue weighted by Gasteiger charge is 2.36. The van der Waals surface area contributed by atoms with Crippen molar-refractivity contribution < 1.29 is 9.32 Å². The van der Waals surface area contributed by atoms with Gasteiger partial charge in [0.25, 0.3) is 5.91 Å². The van der Waals surface area contributed by atoms with E-state index in [4.69, 9.17) is 4.52 Å². The van der Waals surface area contributed by atoms with Gasteiger partial charge in [-0.05, 0) is 31.7 Å². The predicted octanol–water partition coefficient (Wildman–Crippen LogP) is 1.65. The Morgan fingerprint density at radius 2 is 2.30 bits per heavy atom. The van der Waals surface area contributed by atoms with E-state index in [2.05, 4.69) is 20.3 Å². The molecule has 1 saturated heterocycles. The number of nitrogens with zero attached hydrogens (tertiary/aromatic N) is 4. The SMILES string of the molecule is O=C(c1ccn[nH]1)N1CCCC1c1noc(C2CC2)n1. The van der Waals surface area contributed by atoms with Crippen LogP contribution in [0.5, 0.6) is 0 Å². The third kappa shape index (κ3) is 1.90. The zero-order valence-electron chi connectivity index (χ0n) is 11.0. The van der Waals surface area contributed by atoms with E-state index in [1.54, 1.807) is 17.2 Å². The fourth-order valence-electron chi connectivity index (χ4n) is 2.69. The molecule has 0 spiro atoms. The molecule has 104 valence electrons. The number of aromatic amines is 1. The minimum absolute atomic E-state index is 0.0530. The number of aromatic nitrogens is 4. The number of likely N-dealkylation sites (tertiary alicyclic amines) is 1. The Morgan fingerprint density at radius 3 is 3.05 bits per heavy atom. The Kier molecular flexibility index (Phi) is 2.58. The van der Waals surface area contributed by atoms with Crippen LogP contribution < -0.4 is 0 Å². The molecule has 2 aromatic rings. The van der Waals surface area contributed by atoms with Crippen molar-refractivity contribution in [3.05, 3.63) is 29.7 Å². The Labute approximate surface area is 115 Å². The summed E-state index contributed by atoms with van der Waals surface area (Å²) in [6.07, 6.45) is 5.67. The molecule has 1 saturated carbocycles. The number of carbonyl (C=O) groups is 1. The first kappa shape index (κ1) is 11.6. The molecule has 2 fully saturated rings. The molecule has 1 aliphatic heterocycles. The summed E-state index contributed by atoms with van der Waals surface area (Å²) in [5.41, 5.74) is 0.503. The van der Waals surface area contributed by atoms with Gasteiger partial charge < -0.3 is 9.42 Å². The van der Waals surface area contributed by atoms with Crippen molar-refractivity contribution >= 4 is 5.91 Å². The maximum Gasteiger partial charge on any atom is 0.272 e. The monoisotopic (exact) mass is 273 g/mol. The molecule has 2 aliphatic rings. The summed E-state index contributed by atoms with van der Waals surface area (Å²) in [7, 11) is 0. The highest BCUT2D eigenvalue weighted by molar-refractivity contribution is 5.92. The Morgan fingerprint density at radius 1 is 1.40 bits per heavy atom. The summed E-state index contributed by atoms with van der Waals surface area (Å²) in [6.45, 7) is 0.718. The molecule has 4 rings (SSSR count). The zero-order valence-corrected chi connectivity index (χ0v) is 11.0. The fraction of sp³-hybridized carbons (Fsp3) is 0.538. The van der Waals surface area contributed by atoms with Gasteiger partial charge in [0.05, 0.1) is 6.04 Å². The summed E-state index contributed by atoms with van der Waals surface area (Å²) in [6, 6.07) is 1.60. The van der Waals surface area contributed by atoms with Crippen molar-refractivity contribution in [2.24, 2.45) is 0 Å². The van der Waals surface area contributed by atoms with Crippen LogP contribution in [0.2, 0.25) is 0 Å². The molecule has 0 radical (unpaired) electrons. The number of H-pyrrole nitrogens is 1. The predicted molar refractivity (Wildman–Crippen MR) is 67.9 cm³/mol. The van der Waals surface area contributed by atoms with Gasteiger partial charge in [-0.25, -0.2) is 0 Å². The Balaban J connectivity index is 1.58. The van der Waals surface area contributed by atoms with Crippen molar-refractivity contribution in [1.82, 2.24) is 25.2 Å². The van der Waals surface area contributed by atoms with E-state index in [-0.39, 0.29) is 11.9 Å². The maximum absolute atomic E-state index is 12.4. The highest BCUT2D eigenvalue weighted by atomic mass is 16.5. The Hall–Kier alpha value is -2.18. The lowest BCUT2D eigenvalue weighted by molar-refractivity contribution is 0.0722. The zero-order chi connectivity index (χ0) is 13.5. The molecule has 1 N–H and O–H groups in total. The van der Waals surface area contributed by atoms with E-state index in [0.717, 1.165) is 38.1 Å². The largest absolute Gasteiger partial charge is 0.339 e. The lowest BCUT2D eigenvalue weighted by atomic mass is 10.2. The van der Waals surface area contributed by atoms with E-state index in [9.17, 15) is 4.79 Å². The molecule has 2 aromatic heterocycles. The molecule has 1 aliphatic carbocycles. The van der Waals surface area contributed by atoms with Gasteiger partial charge in [0.2, 0.25) is 5.89 Å². The molecule has 7 nitrogen and oxygen atoms in total. The average Bonchev–Trinajstić information content (AvgIpc) is 2.97.